The Kier molecular flexibility index (Phi) is 2.66. The van der Waals surface area contributed by atoms with Crippen LogP contribution in [0.15, 0.2) is 18.7 Å². The fraction of sp³-hybridized carbons (Fsp3) is 0.583. The van der Waals surface area contributed by atoms with E-state index in [0.29, 0.717) is 5.41 Å². The number of aromatic nitrogens is 4. The third-order valence-corrected chi connectivity index (χ3v) is 3.66. The van der Waals surface area contributed by atoms with Gasteiger partial charge in [-0.1, -0.05) is 6.92 Å². The van der Waals surface area contributed by atoms with Gasteiger partial charge in [0.05, 0.1) is 0 Å². The maximum atomic E-state index is 4.47. The van der Waals surface area contributed by atoms with Crippen molar-refractivity contribution in [2.45, 2.75) is 13.3 Å². The van der Waals surface area contributed by atoms with Crippen molar-refractivity contribution < 1.29 is 0 Å². The van der Waals surface area contributed by atoms with E-state index in [1.807, 2.05) is 17.6 Å². The molecule has 1 unspecified atom stereocenters. The van der Waals surface area contributed by atoms with Crippen LogP contribution in [0, 0.1) is 5.41 Å². The molecule has 96 valence electrons. The molecular formula is C12H18N6. The van der Waals surface area contributed by atoms with Crippen molar-refractivity contribution in [3.8, 4) is 0 Å². The number of nitrogens with one attached hydrogen (secondary N) is 1. The Labute approximate surface area is 106 Å². The van der Waals surface area contributed by atoms with Gasteiger partial charge in [0.1, 0.15) is 6.33 Å². The second-order valence-electron chi connectivity index (χ2n) is 5.33. The molecule has 6 nitrogen and oxygen atoms in total. The first kappa shape index (κ1) is 11.4. The van der Waals surface area contributed by atoms with Crippen molar-refractivity contribution in [3.63, 3.8) is 0 Å². The zero-order valence-corrected chi connectivity index (χ0v) is 10.8. The summed E-state index contributed by atoms with van der Waals surface area (Å²) in [5.74, 6) is 0.940. The first-order chi connectivity index (χ1) is 8.72. The first-order valence-electron chi connectivity index (χ1n) is 6.26. The van der Waals surface area contributed by atoms with E-state index in [2.05, 4.69) is 32.3 Å². The number of fused-ring (bicyclic) bond motifs is 1. The summed E-state index contributed by atoms with van der Waals surface area (Å²) in [4.78, 5) is 6.78. The van der Waals surface area contributed by atoms with Gasteiger partial charge in [0.15, 0.2) is 5.82 Å². The largest absolute Gasteiger partial charge is 0.353 e. The fourth-order valence-corrected chi connectivity index (χ4v) is 2.74. The molecule has 1 N–H and O–H groups in total. The maximum absolute atomic E-state index is 4.47. The Morgan fingerprint density at radius 3 is 3.22 bits per heavy atom. The third kappa shape index (κ3) is 1.82. The highest BCUT2D eigenvalue weighted by Crippen LogP contribution is 2.32. The summed E-state index contributed by atoms with van der Waals surface area (Å²) in [6, 6.07) is 0. The molecule has 2 aromatic rings. The molecular weight excluding hydrogens is 228 g/mol. The molecule has 18 heavy (non-hydrogen) atoms. The van der Waals surface area contributed by atoms with Crippen molar-refractivity contribution >= 4 is 11.5 Å². The minimum atomic E-state index is 0.309. The van der Waals surface area contributed by atoms with Crippen LogP contribution in [0.5, 0.6) is 0 Å². The average molecular weight is 246 g/mol. The summed E-state index contributed by atoms with van der Waals surface area (Å²) in [5, 5.41) is 11.4. The summed E-state index contributed by atoms with van der Waals surface area (Å²) in [6.07, 6.45) is 6.56. The molecule has 3 heterocycles. The van der Waals surface area contributed by atoms with Gasteiger partial charge in [-0.25, -0.2) is 4.98 Å². The van der Waals surface area contributed by atoms with Gasteiger partial charge in [0, 0.05) is 32.0 Å². The van der Waals surface area contributed by atoms with E-state index in [-0.39, 0.29) is 0 Å². The van der Waals surface area contributed by atoms with E-state index in [1.165, 1.54) is 6.42 Å². The lowest BCUT2D eigenvalue weighted by Crippen LogP contribution is -2.33. The third-order valence-electron chi connectivity index (χ3n) is 3.66. The lowest BCUT2D eigenvalue weighted by molar-refractivity contribution is 0.356. The molecule has 1 fully saturated rings. The van der Waals surface area contributed by atoms with Crippen LogP contribution in [0.3, 0.4) is 0 Å². The topological polar surface area (TPSA) is 58.4 Å². The molecule has 0 radical (unpaired) electrons. The predicted molar refractivity (Wildman–Crippen MR) is 69.6 cm³/mol. The Bertz CT molecular complexity index is 550. The summed E-state index contributed by atoms with van der Waals surface area (Å²) >= 11 is 0. The van der Waals surface area contributed by atoms with Crippen LogP contribution >= 0.6 is 0 Å². The Morgan fingerprint density at radius 2 is 2.39 bits per heavy atom. The van der Waals surface area contributed by atoms with Gasteiger partial charge < -0.3 is 10.2 Å². The van der Waals surface area contributed by atoms with E-state index in [9.17, 15) is 0 Å². The smallest absolute Gasteiger partial charge is 0.203 e. The summed E-state index contributed by atoms with van der Waals surface area (Å²) < 4.78 is 1.91. The molecule has 0 aliphatic carbocycles. The van der Waals surface area contributed by atoms with E-state index < -0.39 is 0 Å². The van der Waals surface area contributed by atoms with Crippen molar-refractivity contribution in [1.82, 2.24) is 24.9 Å². The van der Waals surface area contributed by atoms with Crippen LogP contribution in [0.4, 0.5) is 5.82 Å². The zero-order valence-electron chi connectivity index (χ0n) is 10.8. The predicted octanol–water partition coefficient (Wildman–Crippen LogP) is 0.560. The normalized spacial score (nSPS) is 24.0. The molecule has 1 aliphatic rings. The Morgan fingerprint density at radius 1 is 1.50 bits per heavy atom. The highest BCUT2D eigenvalue weighted by molar-refractivity contribution is 5.63. The second kappa shape index (κ2) is 4.20. The number of hydrogen-bond donors (Lipinski definition) is 1. The van der Waals surface area contributed by atoms with Crippen molar-refractivity contribution in [1.29, 1.82) is 0 Å². The highest BCUT2D eigenvalue weighted by atomic mass is 15.3. The molecule has 0 spiro atoms. The van der Waals surface area contributed by atoms with Crippen LogP contribution in [-0.4, -0.2) is 46.3 Å². The van der Waals surface area contributed by atoms with E-state index >= 15 is 0 Å². The lowest BCUT2D eigenvalue weighted by atomic mass is 9.90. The molecule has 6 heteroatoms. The fourth-order valence-electron chi connectivity index (χ4n) is 2.74. The van der Waals surface area contributed by atoms with Crippen molar-refractivity contribution in [2.24, 2.45) is 5.41 Å². The highest BCUT2D eigenvalue weighted by Gasteiger charge is 2.34. The Balaban J connectivity index is 1.90. The average Bonchev–Trinajstić information content (AvgIpc) is 2.95. The quantitative estimate of drug-likeness (QED) is 0.857. The molecule has 2 aromatic heterocycles. The number of hydrogen-bond acceptors (Lipinski definition) is 5. The van der Waals surface area contributed by atoms with Gasteiger partial charge in [0.2, 0.25) is 5.65 Å². The summed E-state index contributed by atoms with van der Waals surface area (Å²) in [6.45, 7) is 5.37. The van der Waals surface area contributed by atoms with Crippen LogP contribution < -0.4 is 10.2 Å². The summed E-state index contributed by atoms with van der Waals surface area (Å²) in [5.41, 5.74) is 1.15. The van der Waals surface area contributed by atoms with Gasteiger partial charge >= 0.3 is 0 Å². The van der Waals surface area contributed by atoms with Crippen LogP contribution in [0.1, 0.15) is 13.3 Å². The van der Waals surface area contributed by atoms with Crippen LogP contribution in [0.25, 0.3) is 5.65 Å². The van der Waals surface area contributed by atoms with E-state index in [4.69, 9.17) is 0 Å². The van der Waals surface area contributed by atoms with E-state index in [1.54, 1.807) is 12.5 Å². The number of anilines is 1. The van der Waals surface area contributed by atoms with Gasteiger partial charge in [0.25, 0.3) is 0 Å². The molecule has 3 rings (SSSR count). The second-order valence-corrected chi connectivity index (χ2v) is 5.33. The minimum absolute atomic E-state index is 0.309. The molecule has 1 atom stereocenters. The van der Waals surface area contributed by atoms with Gasteiger partial charge in [-0.15, -0.1) is 10.2 Å². The molecule has 1 saturated heterocycles. The molecule has 0 aromatic carbocycles. The molecule has 0 amide bonds. The SMILES string of the molecule is CNCC1(C)CCN(c2nccn3cnnc23)C1. The van der Waals surface area contributed by atoms with Gasteiger partial charge in [-0.2, -0.15) is 0 Å². The molecule has 0 bridgehead atoms. The number of nitrogens with zero attached hydrogens (tertiary/aromatic N) is 5. The lowest BCUT2D eigenvalue weighted by Gasteiger charge is -2.24. The van der Waals surface area contributed by atoms with Crippen molar-refractivity contribution in [2.75, 3.05) is 31.6 Å². The standard InChI is InChI=1S/C12H18N6/c1-12(7-13-2)3-5-17(8-12)10-11-16-15-9-18(11)6-4-14-10/h4,6,9,13H,3,5,7-8H2,1-2H3. The number of rotatable bonds is 3. The Hall–Kier alpha value is -1.69. The minimum Gasteiger partial charge on any atom is -0.353 e. The van der Waals surface area contributed by atoms with Gasteiger partial charge in [-0.3, -0.25) is 4.40 Å². The van der Waals surface area contributed by atoms with Gasteiger partial charge in [-0.05, 0) is 18.9 Å². The summed E-state index contributed by atoms with van der Waals surface area (Å²) in [7, 11) is 2.01. The molecule has 1 aliphatic heterocycles. The molecule has 0 saturated carbocycles. The van der Waals surface area contributed by atoms with Crippen LogP contribution in [-0.2, 0) is 0 Å². The van der Waals surface area contributed by atoms with E-state index in [0.717, 1.165) is 31.1 Å². The first-order valence-corrected chi connectivity index (χ1v) is 6.26. The zero-order chi connectivity index (χ0) is 12.6. The van der Waals surface area contributed by atoms with Crippen LogP contribution in [0.2, 0.25) is 0 Å². The maximum Gasteiger partial charge on any atom is 0.203 e. The van der Waals surface area contributed by atoms with Crippen molar-refractivity contribution in [3.05, 3.63) is 18.7 Å². The monoisotopic (exact) mass is 246 g/mol.